The summed E-state index contributed by atoms with van der Waals surface area (Å²) in [6.45, 7) is 2.77. The Kier molecular flexibility index (Phi) is 3.37. The summed E-state index contributed by atoms with van der Waals surface area (Å²) in [5.74, 6) is 0.443. The van der Waals surface area contributed by atoms with Crippen molar-refractivity contribution in [2.45, 2.75) is 44.6 Å². The summed E-state index contributed by atoms with van der Waals surface area (Å²) in [5.41, 5.74) is -0.613. The first-order chi connectivity index (χ1) is 8.44. The number of nitriles is 1. The number of rotatable bonds is 4. The first-order valence-corrected chi connectivity index (χ1v) is 6.81. The fourth-order valence-electron chi connectivity index (χ4n) is 3.24. The van der Waals surface area contributed by atoms with Crippen LogP contribution in [0.3, 0.4) is 0 Å². The van der Waals surface area contributed by atoms with Gasteiger partial charge in [-0.1, -0.05) is 6.92 Å². The number of hydrogen-bond acceptors (Lipinski definition) is 3. The second-order valence-corrected chi connectivity index (χ2v) is 6.36. The lowest BCUT2D eigenvalue weighted by Crippen LogP contribution is -2.59. The minimum absolute atomic E-state index is 0.0591. The number of amides is 1. The van der Waals surface area contributed by atoms with Crippen molar-refractivity contribution in [3.63, 3.8) is 0 Å². The lowest BCUT2D eigenvalue weighted by Gasteiger charge is -2.48. The molecule has 0 aromatic heterocycles. The van der Waals surface area contributed by atoms with Gasteiger partial charge in [-0.15, -0.1) is 0 Å². The van der Waals surface area contributed by atoms with Gasteiger partial charge < -0.3 is 10.2 Å². The minimum Gasteiger partial charge on any atom is -0.353 e. The average molecular weight is 249 g/mol. The highest BCUT2D eigenvalue weighted by Crippen LogP contribution is 2.45. The van der Waals surface area contributed by atoms with E-state index in [0.717, 1.165) is 12.8 Å². The molecule has 0 atom stereocenters. The first kappa shape index (κ1) is 13.4. The Hall–Kier alpha value is -1.08. The number of carbonyl (C=O) groups is 1. The molecule has 1 N–H and O–H groups in total. The Morgan fingerprint density at radius 2 is 2.06 bits per heavy atom. The first-order valence-electron chi connectivity index (χ1n) is 6.81. The van der Waals surface area contributed by atoms with Crippen molar-refractivity contribution in [2.75, 3.05) is 20.6 Å². The second kappa shape index (κ2) is 4.55. The summed E-state index contributed by atoms with van der Waals surface area (Å²) in [7, 11) is 4.13. The summed E-state index contributed by atoms with van der Waals surface area (Å²) in [5, 5.41) is 12.2. The van der Waals surface area contributed by atoms with Gasteiger partial charge in [0.2, 0.25) is 5.91 Å². The number of nitrogens with one attached hydrogen (secondary N) is 1. The Labute approximate surface area is 109 Å². The van der Waals surface area contributed by atoms with Crippen LogP contribution in [-0.2, 0) is 4.79 Å². The lowest BCUT2D eigenvalue weighted by atomic mass is 9.63. The molecule has 0 heterocycles. The van der Waals surface area contributed by atoms with Crippen LogP contribution in [0.25, 0.3) is 0 Å². The van der Waals surface area contributed by atoms with Crippen LogP contribution in [-0.4, -0.2) is 37.0 Å². The van der Waals surface area contributed by atoms with Crippen LogP contribution < -0.4 is 5.32 Å². The summed E-state index contributed by atoms with van der Waals surface area (Å²) in [4.78, 5) is 14.4. The van der Waals surface area contributed by atoms with Gasteiger partial charge in [-0.05, 0) is 52.1 Å². The molecule has 4 heteroatoms. The van der Waals surface area contributed by atoms with Crippen molar-refractivity contribution in [3.8, 4) is 6.07 Å². The Morgan fingerprint density at radius 1 is 1.44 bits per heavy atom. The van der Waals surface area contributed by atoms with Gasteiger partial charge >= 0.3 is 0 Å². The molecule has 0 saturated heterocycles. The van der Waals surface area contributed by atoms with E-state index in [1.165, 1.54) is 6.42 Å². The van der Waals surface area contributed by atoms with Crippen LogP contribution in [0.2, 0.25) is 0 Å². The standard InChI is InChI=1S/C14H23N3O/c1-11-7-13(8-11,9-15)12(18)16-10-14(17(2)3)5-4-6-14/h11H,4-8,10H2,1-3H3,(H,16,18). The average Bonchev–Trinajstić information content (AvgIpc) is 2.22. The lowest BCUT2D eigenvalue weighted by molar-refractivity contribution is -0.135. The maximum Gasteiger partial charge on any atom is 0.240 e. The highest BCUT2D eigenvalue weighted by atomic mass is 16.2. The molecule has 0 bridgehead atoms. The van der Waals surface area contributed by atoms with Crippen molar-refractivity contribution in [1.82, 2.24) is 10.2 Å². The molecule has 2 saturated carbocycles. The van der Waals surface area contributed by atoms with Crippen molar-refractivity contribution in [3.05, 3.63) is 0 Å². The fourth-order valence-corrected chi connectivity index (χ4v) is 3.24. The maximum atomic E-state index is 12.2. The molecule has 0 unspecified atom stereocenters. The third kappa shape index (κ3) is 2.01. The summed E-state index contributed by atoms with van der Waals surface area (Å²) in [6, 6.07) is 2.22. The molecular formula is C14H23N3O. The monoisotopic (exact) mass is 249 g/mol. The van der Waals surface area contributed by atoms with E-state index in [2.05, 4.69) is 37.3 Å². The molecule has 2 rings (SSSR count). The normalized spacial score (nSPS) is 33.2. The van der Waals surface area contributed by atoms with Crippen LogP contribution in [0.15, 0.2) is 0 Å². The highest BCUT2D eigenvalue weighted by molar-refractivity contribution is 5.86. The van der Waals surface area contributed by atoms with Gasteiger partial charge in [0.05, 0.1) is 6.07 Å². The van der Waals surface area contributed by atoms with E-state index in [4.69, 9.17) is 0 Å². The Balaban J connectivity index is 1.91. The summed E-state index contributed by atoms with van der Waals surface area (Å²) >= 11 is 0. The number of hydrogen-bond donors (Lipinski definition) is 1. The van der Waals surface area contributed by atoms with Crippen LogP contribution in [0, 0.1) is 22.7 Å². The molecule has 18 heavy (non-hydrogen) atoms. The number of nitrogens with zero attached hydrogens (tertiary/aromatic N) is 2. The predicted molar refractivity (Wildman–Crippen MR) is 69.7 cm³/mol. The number of likely N-dealkylation sites (N-methyl/N-ethyl adjacent to an activating group) is 1. The van der Waals surface area contributed by atoms with E-state index in [-0.39, 0.29) is 11.4 Å². The van der Waals surface area contributed by atoms with Crippen LogP contribution in [0.1, 0.15) is 39.0 Å². The van der Waals surface area contributed by atoms with E-state index in [1.807, 2.05) is 0 Å². The third-order valence-electron chi connectivity index (χ3n) is 4.85. The molecule has 4 nitrogen and oxygen atoms in total. The zero-order chi connectivity index (χ0) is 13.4. The molecule has 0 aliphatic heterocycles. The van der Waals surface area contributed by atoms with Gasteiger partial charge in [-0.2, -0.15) is 5.26 Å². The van der Waals surface area contributed by atoms with Gasteiger partial charge in [0.1, 0.15) is 5.41 Å². The molecule has 100 valence electrons. The molecule has 1 amide bonds. The second-order valence-electron chi connectivity index (χ2n) is 6.36. The molecular weight excluding hydrogens is 226 g/mol. The zero-order valence-electron chi connectivity index (χ0n) is 11.6. The van der Waals surface area contributed by atoms with Gasteiger partial charge in [0.15, 0.2) is 0 Å². The topological polar surface area (TPSA) is 56.1 Å². The molecule has 2 aliphatic carbocycles. The largest absolute Gasteiger partial charge is 0.353 e. The van der Waals surface area contributed by atoms with E-state index < -0.39 is 5.41 Å². The SMILES string of the molecule is CC1CC(C#N)(C(=O)NCC2(N(C)C)CCC2)C1. The van der Waals surface area contributed by atoms with Crippen LogP contribution >= 0.6 is 0 Å². The quantitative estimate of drug-likeness (QED) is 0.822. The van der Waals surface area contributed by atoms with Crippen molar-refractivity contribution < 1.29 is 4.79 Å². The Morgan fingerprint density at radius 3 is 2.39 bits per heavy atom. The van der Waals surface area contributed by atoms with Gasteiger partial charge in [-0.3, -0.25) is 4.79 Å². The highest BCUT2D eigenvalue weighted by Gasteiger charge is 2.49. The van der Waals surface area contributed by atoms with Crippen LogP contribution in [0.4, 0.5) is 0 Å². The maximum absolute atomic E-state index is 12.2. The molecule has 2 aliphatic rings. The Bertz CT molecular complexity index is 373. The molecule has 0 spiro atoms. The fraction of sp³-hybridized carbons (Fsp3) is 0.857. The van der Waals surface area contributed by atoms with E-state index >= 15 is 0 Å². The molecule has 2 fully saturated rings. The zero-order valence-corrected chi connectivity index (χ0v) is 11.6. The van der Waals surface area contributed by atoms with E-state index in [1.54, 1.807) is 0 Å². The van der Waals surface area contributed by atoms with Crippen molar-refractivity contribution >= 4 is 5.91 Å². The third-order valence-corrected chi connectivity index (χ3v) is 4.85. The van der Waals surface area contributed by atoms with Crippen LogP contribution in [0.5, 0.6) is 0 Å². The van der Waals surface area contributed by atoms with Crippen molar-refractivity contribution in [2.24, 2.45) is 11.3 Å². The predicted octanol–water partition coefficient (Wildman–Crippen LogP) is 1.53. The van der Waals surface area contributed by atoms with Gasteiger partial charge in [0.25, 0.3) is 0 Å². The summed E-state index contributed by atoms with van der Waals surface area (Å²) in [6.07, 6.45) is 4.93. The molecule has 0 radical (unpaired) electrons. The van der Waals surface area contributed by atoms with Gasteiger partial charge in [0, 0.05) is 12.1 Å². The summed E-state index contributed by atoms with van der Waals surface area (Å²) < 4.78 is 0. The van der Waals surface area contributed by atoms with E-state index in [9.17, 15) is 10.1 Å². The molecule has 0 aromatic rings. The molecule has 0 aromatic carbocycles. The smallest absolute Gasteiger partial charge is 0.240 e. The van der Waals surface area contributed by atoms with Crippen molar-refractivity contribution in [1.29, 1.82) is 5.26 Å². The number of carbonyl (C=O) groups excluding carboxylic acids is 1. The van der Waals surface area contributed by atoms with E-state index in [0.29, 0.717) is 25.3 Å². The van der Waals surface area contributed by atoms with Gasteiger partial charge in [-0.25, -0.2) is 0 Å². The minimum atomic E-state index is -0.739.